The molecule has 9 heteroatoms. The van der Waals surface area contributed by atoms with Gasteiger partial charge in [0.05, 0.1) is 23.8 Å². The highest BCUT2D eigenvalue weighted by molar-refractivity contribution is 6.03. The molecule has 1 aliphatic carbocycles. The average molecular weight is 484 g/mol. The van der Waals surface area contributed by atoms with E-state index in [9.17, 15) is 14.7 Å². The highest BCUT2D eigenvalue weighted by Gasteiger charge is 2.30. The molecule has 2 aliphatic rings. The Hall–Kier alpha value is -2.75. The molecule has 0 bridgehead atoms. The van der Waals surface area contributed by atoms with E-state index in [1.165, 1.54) is 0 Å². The van der Waals surface area contributed by atoms with Gasteiger partial charge in [-0.05, 0) is 57.7 Å². The molecule has 1 saturated heterocycles. The lowest BCUT2D eigenvalue weighted by molar-refractivity contribution is -0.145. The fourth-order valence-corrected chi connectivity index (χ4v) is 5.07. The maximum Gasteiger partial charge on any atom is 0.343 e. The van der Waals surface area contributed by atoms with E-state index in [0.717, 1.165) is 68.1 Å². The number of aliphatic hydroxyl groups is 1. The zero-order chi connectivity index (χ0) is 24.9. The molecule has 2 aromatic rings. The first kappa shape index (κ1) is 25.3. The first-order chi connectivity index (χ1) is 16.9. The molecule has 5 N–H and O–H groups in total. The molecular formula is C26H37N5O4. The zero-order valence-corrected chi connectivity index (χ0v) is 20.6. The summed E-state index contributed by atoms with van der Waals surface area (Å²) >= 11 is 0. The monoisotopic (exact) mass is 483 g/mol. The number of carbonyl (C=O) groups is 2. The molecule has 1 aliphatic heterocycles. The van der Waals surface area contributed by atoms with Gasteiger partial charge in [0.15, 0.2) is 6.17 Å². The molecular weight excluding hydrogens is 446 g/mol. The number of aromatic nitrogens is 1. The van der Waals surface area contributed by atoms with Gasteiger partial charge in [0.1, 0.15) is 5.82 Å². The molecule has 190 valence electrons. The standard InChI is InChI=1S/C26H37N5O4/c1-3-35-26(34)23(27)30-25(33)19-15-17-14-16(2)8-9-20(17)29-24(19)31-12-10-18(11-13-31)28-21-6-4-5-7-22(21)32/h8-9,14-15,18,21-23,28,32H,3-7,10-13,27H2,1-2H3,(H,30,33). The van der Waals surface area contributed by atoms with E-state index in [4.69, 9.17) is 15.5 Å². The summed E-state index contributed by atoms with van der Waals surface area (Å²) in [4.78, 5) is 32.2. The van der Waals surface area contributed by atoms with Crippen LogP contribution in [0, 0.1) is 6.92 Å². The summed E-state index contributed by atoms with van der Waals surface area (Å²) < 4.78 is 4.93. The van der Waals surface area contributed by atoms with Crippen LogP contribution in [0.15, 0.2) is 24.3 Å². The number of esters is 1. The second kappa shape index (κ2) is 11.3. The van der Waals surface area contributed by atoms with Crippen molar-refractivity contribution in [1.29, 1.82) is 0 Å². The van der Waals surface area contributed by atoms with Crippen molar-refractivity contribution in [3.05, 3.63) is 35.4 Å². The van der Waals surface area contributed by atoms with E-state index in [1.807, 2.05) is 31.2 Å². The maximum atomic E-state index is 13.2. The number of fused-ring (bicyclic) bond motifs is 1. The summed E-state index contributed by atoms with van der Waals surface area (Å²) in [5, 5.41) is 17.4. The highest BCUT2D eigenvalue weighted by atomic mass is 16.5. The van der Waals surface area contributed by atoms with Gasteiger partial charge in [0.2, 0.25) is 0 Å². The van der Waals surface area contributed by atoms with Crippen molar-refractivity contribution in [3.63, 3.8) is 0 Å². The Balaban J connectivity index is 1.52. The van der Waals surface area contributed by atoms with Crippen LogP contribution in [0.3, 0.4) is 0 Å². The third-order valence-electron chi connectivity index (χ3n) is 7.00. The molecule has 4 rings (SSSR count). The molecule has 9 nitrogen and oxygen atoms in total. The van der Waals surface area contributed by atoms with Gasteiger partial charge >= 0.3 is 5.97 Å². The number of rotatable bonds is 7. The van der Waals surface area contributed by atoms with Gasteiger partial charge in [-0.25, -0.2) is 9.78 Å². The van der Waals surface area contributed by atoms with E-state index in [1.54, 1.807) is 6.92 Å². The largest absolute Gasteiger partial charge is 0.463 e. The SMILES string of the molecule is CCOC(=O)C(N)NC(=O)c1cc2cc(C)ccc2nc1N1CCC(NC2CCCCC2O)CC1. The van der Waals surface area contributed by atoms with E-state index in [-0.39, 0.29) is 18.8 Å². The van der Waals surface area contributed by atoms with Crippen LogP contribution >= 0.6 is 0 Å². The maximum absolute atomic E-state index is 13.2. The number of aryl methyl sites for hydroxylation is 1. The Bertz CT molecular complexity index is 1050. The van der Waals surface area contributed by atoms with Crippen LogP contribution in [0.4, 0.5) is 5.82 Å². The number of amides is 1. The number of ether oxygens (including phenoxy) is 1. The molecule has 0 spiro atoms. The second-order valence-electron chi connectivity index (χ2n) is 9.65. The Kier molecular flexibility index (Phi) is 8.20. The Labute approximate surface area is 206 Å². The minimum absolute atomic E-state index is 0.160. The summed E-state index contributed by atoms with van der Waals surface area (Å²) in [6, 6.07) is 8.25. The topological polar surface area (TPSA) is 130 Å². The van der Waals surface area contributed by atoms with Gasteiger partial charge in [-0.2, -0.15) is 0 Å². The number of nitrogens with one attached hydrogen (secondary N) is 2. The van der Waals surface area contributed by atoms with Crippen molar-refractivity contribution in [3.8, 4) is 0 Å². The number of nitrogens with two attached hydrogens (primary N) is 1. The third-order valence-corrected chi connectivity index (χ3v) is 7.00. The van der Waals surface area contributed by atoms with E-state index in [2.05, 4.69) is 15.5 Å². The van der Waals surface area contributed by atoms with Crippen molar-refractivity contribution in [1.82, 2.24) is 15.6 Å². The first-order valence-electron chi connectivity index (χ1n) is 12.7. The number of hydrogen-bond donors (Lipinski definition) is 4. The average Bonchev–Trinajstić information content (AvgIpc) is 2.85. The zero-order valence-electron chi connectivity index (χ0n) is 20.6. The lowest BCUT2D eigenvalue weighted by Gasteiger charge is -2.38. The molecule has 35 heavy (non-hydrogen) atoms. The van der Waals surface area contributed by atoms with Gasteiger partial charge in [0.25, 0.3) is 5.91 Å². The molecule has 1 aromatic carbocycles. The fourth-order valence-electron chi connectivity index (χ4n) is 5.07. The van der Waals surface area contributed by atoms with Crippen molar-refractivity contribution in [2.24, 2.45) is 5.73 Å². The number of benzene rings is 1. The lowest BCUT2D eigenvalue weighted by atomic mass is 9.91. The van der Waals surface area contributed by atoms with Crippen LogP contribution < -0.4 is 21.3 Å². The van der Waals surface area contributed by atoms with Gasteiger partial charge in [0, 0.05) is 30.6 Å². The van der Waals surface area contributed by atoms with Gasteiger partial charge < -0.3 is 31.1 Å². The van der Waals surface area contributed by atoms with Gasteiger partial charge in [-0.15, -0.1) is 0 Å². The molecule has 3 atom stereocenters. The lowest BCUT2D eigenvalue weighted by Crippen LogP contribution is -2.51. The molecule has 1 aromatic heterocycles. The Morgan fingerprint density at radius 2 is 1.94 bits per heavy atom. The summed E-state index contributed by atoms with van der Waals surface area (Å²) in [5.41, 5.74) is 8.12. The quantitative estimate of drug-likeness (QED) is 0.348. The van der Waals surface area contributed by atoms with Crippen molar-refractivity contribution in [2.45, 2.75) is 76.7 Å². The Morgan fingerprint density at radius 3 is 2.66 bits per heavy atom. The highest BCUT2D eigenvalue weighted by Crippen LogP contribution is 2.28. The van der Waals surface area contributed by atoms with Crippen molar-refractivity contribution in [2.75, 3.05) is 24.6 Å². The number of pyridine rings is 1. The van der Waals surface area contributed by atoms with Crippen LogP contribution in [-0.4, -0.2) is 66.0 Å². The molecule has 2 fully saturated rings. The smallest absolute Gasteiger partial charge is 0.343 e. The fraction of sp³-hybridized carbons (Fsp3) is 0.577. The van der Waals surface area contributed by atoms with Crippen molar-refractivity contribution < 1.29 is 19.4 Å². The van der Waals surface area contributed by atoms with Crippen LogP contribution in [-0.2, 0) is 9.53 Å². The van der Waals surface area contributed by atoms with Crippen LogP contribution in [0.5, 0.6) is 0 Å². The van der Waals surface area contributed by atoms with Crippen LogP contribution in [0.1, 0.15) is 61.4 Å². The summed E-state index contributed by atoms with van der Waals surface area (Å²) in [5.74, 6) is -0.545. The Morgan fingerprint density at radius 1 is 1.20 bits per heavy atom. The number of carbonyl (C=O) groups excluding carboxylic acids is 2. The molecule has 1 amide bonds. The summed E-state index contributed by atoms with van der Waals surface area (Å²) in [6.45, 7) is 5.33. The molecule has 1 saturated carbocycles. The van der Waals surface area contributed by atoms with Crippen LogP contribution in [0.2, 0.25) is 0 Å². The predicted octanol–water partition coefficient (Wildman–Crippen LogP) is 1.98. The molecule has 2 heterocycles. The number of piperidine rings is 1. The number of aliphatic hydroxyl groups excluding tert-OH is 1. The summed E-state index contributed by atoms with van der Waals surface area (Å²) in [6.07, 6.45) is 4.38. The van der Waals surface area contributed by atoms with Gasteiger partial charge in [-0.1, -0.05) is 24.5 Å². The summed E-state index contributed by atoms with van der Waals surface area (Å²) in [7, 11) is 0. The number of anilines is 1. The first-order valence-corrected chi connectivity index (χ1v) is 12.7. The van der Waals surface area contributed by atoms with E-state index in [0.29, 0.717) is 17.4 Å². The molecule has 3 unspecified atom stereocenters. The predicted molar refractivity (Wildman–Crippen MR) is 135 cm³/mol. The van der Waals surface area contributed by atoms with Crippen molar-refractivity contribution >= 4 is 28.6 Å². The minimum atomic E-state index is -1.25. The number of hydrogen-bond acceptors (Lipinski definition) is 8. The third kappa shape index (κ3) is 6.09. The number of nitrogens with zero attached hydrogens (tertiary/aromatic N) is 2. The second-order valence-corrected chi connectivity index (χ2v) is 9.65. The van der Waals surface area contributed by atoms with E-state index < -0.39 is 18.0 Å². The molecule has 0 radical (unpaired) electrons. The normalized spacial score (nSPS) is 22.1. The van der Waals surface area contributed by atoms with Crippen LogP contribution in [0.25, 0.3) is 10.9 Å². The van der Waals surface area contributed by atoms with Gasteiger partial charge in [-0.3, -0.25) is 4.79 Å². The minimum Gasteiger partial charge on any atom is -0.463 e. The van der Waals surface area contributed by atoms with E-state index >= 15 is 0 Å².